The fourth-order valence-corrected chi connectivity index (χ4v) is 4.74. The third kappa shape index (κ3) is 2.62. The van der Waals surface area contributed by atoms with Crippen molar-refractivity contribution >= 4 is 27.2 Å². The summed E-state index contributed by atoms with van der Waals surface area (Å²) in [5.74, 6) is 0.562. The quantitative estimate of drug-likeness (QED) is 0.604. The molecule has 7 heteroatoms. The van der Waals surface area contributed by atoms with Gasteiger partial charge >= 0.3 is 0 Å². The number of piperidine rings is 1. The number of benzene rings is 1. The molecule has 0 amide bonds. The first-order chi connectivity index (χ1) is 12.7. The summed E-state index contributed by atoms with van der Waals surface area (Å²) in [6.07, 6.45) is 7.48. The number of rotatable bonds is 3. The van der Waals surface area contributed by atoms with Gasteiger partial charge in [0.25, 0.3) is 0 Å². The molecule has 26 heavy (non-hydrogen) atoms. The maximum Gasteiger partial charge on any atom is 0.212 e. The van der Waals surface area contributed by atoms with Gasteiger partial charge in [-0.05, 0) is 50.0 Å². The van der Waals surface area contributed by atoms with E-state index in [4.69, 9.17) is 10.1 Å². The molecule has 0 saturated carbocycles. The highest BCUT2D eigenvalue weighted by Gasteiger charge is 2.20. The summed E-state index contributed by atoms with van der Waals surface area (Å²) < 4.78 is 3.84. The molecule has 5 rings (SSSR count). The van der Waals surface area contributed by atoms with Crippen molar-refractivity contribution in [3.63, 3.8) is 0 Å². The minimum atomic E-state index is 0.562. The van der Waals surface area contributed by atoms with E-state index >= 15 is 0 Å². The van der Waals surface area contributed by atoms with Gasteiger partial charge in [0.15, 0.2) is 0 Å². The standard InChI is InChI=1S/C19H22N6S/c1-3-12-8-14(9-15-10-24(2)22-17(12)15)18-23-25-11-16(21-19(25)26-18)13-4-6-20-7-5-13/h8-11,13,20H,3-7H2,1-2H3. The summed E-state index contributed by atoms with van der Waals surface area (Å²) in [7, 11) is 1.97. The van der Waals surface area contributed by atoms with Gasteiger partial charge < -0.3 is 5.32 Å². The number of imidazole rings is 1. The second-order valence-electron chi connectivity index (χ2n) is 7.05. The summed E-state index contributed by atoms with van der Waals surface area (Å²) in [5.41, 5.74) is 4.70. The predicted molar refractivity (Wildman–Crippen MR) is 105 cm³/mol. The van der Waals surface area contributed by atoms with E-state index < -0.39 is 0 Å². The Bertz CT molecular complexity index is 1050. The van der Waals surface area contributed by atoms with E-state index in [1.165, 1.54) is 16.6 Å². The first-order valence-corrected chi connectivity index (χ1v) is 10.1. The minimum Gasteiger partial charge on any atom is -0.317 e. The Morgan fingerprint density at radius 1 is 1.19 bits per heavy atom. The highest BCUT2D eigenvalue weighted by Crippen LogP contribution is 2.32. The number of aryl methyl sites for hydroxylation is 2. The van der Waals surface area contributed by atoms with Gasteiger partial charge in [0.1, 0.15) is 5.01 Å². The average Bonchev–Trinajstić information content (AvgIpc) is 3.33. The average molecular weight is 366 g/mol. The number of nitrogens with one attached hydrogen (secondary N) is 1. The summed E-state index contributed by atoms with van der Waals surface area (Å²) in [6, 6.07) is 4.41. The van der Waals surface area contributed by atoms with Crippen LogP contribution >= 0.6 is 11.3 Å². The Kier molecular flexibility index (Phi) is 3.79. The van der Waals surface area contributed by atoms with Crippen LogP contribution in [0.2, 0.25) is 0 Å². The molecule has 0 unspecified atom stereocenters. The minimum absolute atomic E-state index is 0.562. The van der Waals surface area contributed by atoms with E-state index in [9.17, 15) is 0 Å². The smallest absolute Gasteiger partial charge is 0.212 e. The van der Waals surface area contributed by atoms with E-state index in [1.807, 2.05) is 16.2 Å². The Labute approximate surface area is 155 Å². The van der Waals surface area contributed by atoms with Crippen LogP contribution in [0.3, 0.4) is 0 Å². The molecule has 1 aromatic carbocycles. The Morgan fingerprint density at radius 2 is 2.04 bits per heavy atom. The van der Waals surface area contributed by atoms with Crippen molar-refractivity contribution in [3.05, 3.63) is 35.8 Å². The van der Waals surface area contributed by atoms with Gasteiger partial charge in [-0.3, -0.25) is 4.68 Å². The second kappa shape index (κ2) is 6.17. The van der Waals surface area contributed by atoms with Crippen LogP contribution in [-0.4, -0.2) is 37.5 Å². The van der Waals surface area contributed by atoms with E-state index in [2.05, 4.69) is 41.9 Å². The van der Waals surface area contributed by atoms with Crippen molar-refractivity contribution < 1.29 is 0 Å². The fourth-order valence-electron chi connectivity index (χ4n) is 3.87. The number of fused-ring (bicyclic) bond motifs is 2. The van der Waals surface area contributed by atoms with E-state index in [0.29, 0.717) is 5.92 Å². The zero-order valence-corrected chi connectivity index (χ0v) is 15.9. The van der Waals surface area contributed by atoms with E-state index in [-0.39, 0.29) is 0 Å². The Balaban J connectivity index is 1.54. The lowest BCUT2D eigenvalue weighted by Crippen LogP contribution is -2.26. The largest absolute Gasteiger partial charge is 0.317 e. The topological polar surface area (TPSA) is 60.0 Å². The molecule has 0 aliphatic carbocycles. The molecule has 0 spiro atoms. The van der Waals surface area contributed by atoms with Crippen LogP contribution in [0, 0.1) is 0 Å². The molecule has 4 aromatic rings. The highest BCUT2D eigenvalue weighted by molar-refractivity contribution is 7.19. The molecule has 6 nitrogen and oxygen atoms in total. The summed E-state index contributed by atoms with van der Waals surface area (Å²) in [6.45, 7) is 4.34. The predicted octanol–water partition coefficient (Wildman–Crippen LogP) is 3.37. The fraction of sp³-hybridized carbons (Fsp3) is 0.421. The lowest BCUT2D eigenvalue weighted by Gasteiger charge is -2.20. The van der Waals surface area contributed by atoms with Gasteiger partial charge in [0.2, 0.25) is 4.96 Å². The molecule has 3 aromatic heterocycles. The summed E-state index contributed by atoms with van der Waals surface area (Å²) in [4.78, 5) is 5.85. The van der Waals surface area contributed by atoms with E-state index in [0.717, 1.165) is 53.4 Å². The molecule has 0 bridgehead atoms. The first kappa shape index (κ1) is 16.0. The highest BCUT2D eigenvalue weighted by atomic mass is 32.1. The van der Waals surface area contributed by atoms with Gasteiger partial charge in [0.05, 0.1) is 17.4 Å². The zero-order chi connectivity index (χ0) is 17.7. The molecule has 1 aliphatic heterocycles. The van der Waals surface area contributed by atoms with Crippen molar-refractivity contribution in [1.29, 1.82) is 0 Å². The summed E-state index contributed by atoms with van der Waals surface area (Å²) >= 11 is 1.67. The third-order valence-electron chi connectivity index (χ3n) is 5.25. The lowest BCUT2D eigenvalue weighted by molar-refractivity contribution is 0.454. The SMILES string of the molecule is CCc1cc(-c2nn3cc(C4CCNCC4)nc3s2)cc2cn(C)nc12. The van der Waals surface area contributed by atoms with Crippen LogP contribution in [0.15, 0.2) is 24.5 Å². The lowest BCUT2D eigenvalue weighted by atomic mass is 9.95. The number of aromatic nitrogens is 5. The normalized spacial score (nSPS) is 16.1. The van der Waals surface area contributed by atoms with Crippen molar-refractivity contribution in [3.8, 4) is 10.6 Å². The maximum atomic E-state index is 4.87. The Morgan fingerprint density at radius 3 is 2.81 bits per heavy atom. The van der Waals surface area contributed by atoms with Gasteiger partial charge in [0, 0.05) is 30.1 Å². The molecule has 134 valence electrons. The number of nitrogens with zero attached hydrogens (tertiary/aromatic N) is 5. The molecule has 4 heterocycles. The second-order valence-corrected chi connectivity index (χ2v) is 8.01. The van der Waals surface area contributed by atoms with Crippen molar-refractivity contribution in [2.24, 2.45) is 7.05 Å². The number of hydrogen-bond donors (Lipinski definition) is 1. The van der Waals surface area contributed by atoms with Crippen LogP contribution in [0.4, 0.5) is 0 Å². The third-order valence-corrected chi connectivity index (χ3v) is 6.22. The molecule has 0 radical (unpaired) electrons. The zero-order valence-electron chi connectivity index (χ0n) is 15.1. The van der Waals surface area contributed by atoms with E-state index in [1.54, 1.807) is 11.3 Å². The van der Waals surface area contributed by atoms with Crippen LogP contribution in [0.1, 0.15) is 36.9 Å². The molecular formula is C19H22N6S. The van der Waals surface area contributed by atoms with Gasteiger partial charge in [-0.15, -0.1) is 0 Å². The monoisotopic (exact) mass is 366 g/mol. The number of hydrogen-bond acceptors (Lipinski definition) is 5. The molecule has 1 aliphatic rings. The van der Waals surface area contributed by atoms with Gasteiger partial charge in [-0.1, -0.05) is 18.3 Å². The maximum absolute atomic E-state index is 4.87. The van der Waals surface area contributed by atoms with Crippen molar-refractivity contribution in [2.45, 2.75) is 32.1 Å². The molecular weight excluding hydrogens is 344 g/mol. The van der Waals surface area contributed by atoms with Crippen molar-refractivity contribution in [2.75, 3.05) is 13.1 Å². The summed E-state index contributed by atoms with van der Waals surface area (Å²) in [5, 5.41) is 15.0. The van der Waals surface area contributed by atoms with Crippen LogP contribution in [-0.2, 0) is 13.5 Å². The first-order valence-electron chi connectivity index (χ1n) is 9.24. The molecule has 1 saturated heterocycles. The molecule has 1 fully saturated rings. The van der Waals surface area contributed by atoms with Crippen LogP contribution in [0.5, 0.6) is 0 Å². The van der Waals surface area contributed by atoms with Crippen LogP contribution < -0.4 is 5.32 Å². The Hall–Kier alpha value is -2.25. The molecule has 1 N–H and O–H groups in total. The van der Waals surface area contributed by atoms with Crippen LogP contribution in [0.25, 0.3) is 26.4 Å². The van der Waals surface area contributed by atoms with Gasteiger partial charge in [-0.2, -0.15) is 10.2 Å². The van der Waals surface area contributed by atoms with Crippen molar-refractivity contribution in [1.82, 2.24) is 29.7 Å². The molecule has 0 atom stereocenters. The van der Waals surface area contributed by atoms with Gasteiger partial charge in [-0.25, -0.2) is 9.50 Å².